The van der Waals surface area contributed by atoms with Crippen molar-refractivity contribution in [2.45, 2.75) is 38.8 Å². The van der Waals surface area contributed by atoms with Crippen LogP contribution in [0.3, 0.4) is 0 Å². The van der Waals surface area contributed by atoms with Crippen molar-refractivity contribution in [1.82, 2.24) is 0 Å². The van der Waals surface area contributed by atoms with Crippen LogP contribution >= 0.6 is 0 Å². The van der Waals surface area contributed by atoms with E-state index in [1.165, 1.54) is 4.90 Å². The summed E-state index contributed by atoms with van der Waals surface area (Å²) in [6.45, 7) is 4.47. The number of benzene rings is 3. The molecular formula is C30H26N2O5. The topological polar surface area (TPSA) is 99.9 Å². The van der Waals surface area contributed by atoms with E-state index in [9.17, 15) is 20.0 Å². The van der Waals surface area contributed by atoms with E-state index in [-0.39, 0.29) is 17.4 Å². The van der Waals surface area contributed by atoms with Crippen molar-refractivity contribution in [3.05, 3.63) is 94.6 Å². The van der Waals surface area contributed by atoms with Crippen molar-refractivity contribution >= 4 is 23.1 Å². The average Bonchev–Trinajstić information content (AvgIpc) is 3.18. The second kappa shape index (κ2) is 9.82. The van der Waals surface area contributed by atoms with Crippen molar-refractivity contribution in [1.29, 1.82) is 5.26 Å². The molecule has 2 aliphatic rings. The van der Waals surface area contributed by atoms with Crippen LogP contribution in [0, 0.1) is 11.3 Å². The Morgan fingerprint density at radius 2 is 1.89 bits per heavy atom. The molecule has 5 rings (SSSR count). The van der Waals surface area contributed by atoms with Crippen LogP contribution in [0.2, 0.25) is 0 Å². The number of carbonyl (C=O) groups is 2. The van der Waals surface area contributed by atoms with Gasteiger partial charge >= 0.3 is 0 Å². The third-order valence-corrected chi connectivity index (χ3v) is 6.45. The zero-order chi connectivity index (χ0) is 26.1. The minimum absolute atomic E-state index is 0.00673. The molecule has 0 bridgehead atoms. The maximum Gasteiger partial charge on any atom is 0.300 e. The minimum Gasteiger partial charge on any atom is -0.507 e. The standard InChI is InChI=1S/C30H26N2O5/c1-18(2)37-24-7-3-5-21(16-24)27-26(28(33)22-10-13-25-20(15-22)6-4-14-36-25)29(34)30(35)32(27)23-11-8-19(17-31)9-12-23/h3,5,7-13,15-16,18,27,33H,4,6,14H2,1-2H3/b28-26-. The summed E-state index contributed by atoms with van der Waals surface area (Å²) in [5, 5.41) is 20.7. The van der Waals surface area contributed by atoms with E-state index >= 15 is 0 Å². The van der Waals surface area contributed by atoms with Crippen molar-refractivity contribution in [3.63, 3.8) is 0 Å². The molecular weight excluding hydrogens is 468 g/mol. The van der Waals surface area contributed by atoms with E-state index in [2.05, 4.69) is 6.07 Å². The van der Waals surface area contributed by atoms with Crippen molar-refractivity contribution < 1.29 is 24.2 Å². The molecule has 0 saturated carbocycles. The monoisotopic (exact) mass is 494 g/mol. The van der Waals surface area contributed by atoms with Crippen molar-refractivity contribution in [3.8, 4) is 17.6 Å². The first kappa shape index (κ1) is 24.1. The minimum atomic E-state index is -0.893. The summed E-state index contributed by atoms with van der Waals surface area (Å²) in [6.07, 6.45) is 1.59. The zero-order valence-corrected chi connectivity index (χ0v) is 20.6. The van der Waals surface area contributed by atoms with Gasteiger partial charge in [-0.2, -0.15) is 5.26 Å². The number of anilines is 1. The number of amides is 1. The lowest BCUT2D eigenvalue weighted by Gasteiger charge is -2.26. The van der Waals surface area contributed by atoms with Gasteiger partial charge in [0, 0.05) is 11.3 Å². The summed E-state index contributed by atoms with van der Waals surface area (Å²) in [4.78, 5) is 28.2. The van der Waals surface area contributed by atoms with Gasteiger partial charge in [0.15, 0.2) is 0 Å². The van der Waals surface area contributed by atoms with Crippen LogP contribution in [-0.4, -0.2) is 29.5 Å². The SMILES string of the molecule is CC(C)Oc1cccc(C2/C(=C(/O)c3ccc4c(c3)CCCO4)C(=O)C(=O)N2c2ccc(C#N)cc2)c1. The van der Waals surface area contributed by atoms with Crippen molar-refractivity contribution in [2.75, 3.05) is 11.5 Å². The van der Waals surface area contributed by atoms with Gasteiger partial charge in [-0.15, -0.1) is 0 Å². The lowest BCUT2D eigenvalue weighted by molar-refractivity contribution is -0.132. The number of ketones is 1. The second-order valence-corrected chi connectivity index (χ2v) is 9.34. The smallest absolute Gasteiger partial charge is 0.300 e. The number of aliphatic hydroxyl groups excluding tert-OH is 1. The number of fused-ring (bicyclic) bond motifs is 1. The number of nitrogens with zero attached hydrogens (tertiary/aromatic N) is 2. The summed E-state index contributed by atoms with van der Waals surface area (Å²) in [5.41, 5.74) is 2.87. The van der Waals surface area contributed by atoms with Gasteiger partial charge in [0.1, 0.15) is 17.3 Å². The molecule has 2 aliphatic heterocycles. The van der Waals surface area contributed by atoms with Gasteiger partial charge in [-0.3, -0.25) is 14.5 Å². The maximum absolute atomic E-state index is 13.4. The number of rotatable bonds is 5. The van der Waals surface area contributed by atoms with Crippen LogP contribution in [0.4, 0.5) is 5.69 Å². The molecule has 0 aliphatic carbocycles. The molecule has 1 atom stereocenters. The molecule has 0 radical (unpaired) electrons. The van der Waals surface area contributed by atoms with E-state index in [1.54, 1.807) is 60.7 Å². The third kappa shape index (κ3) is 4.54. The van der Waals surface area contributed by atoms with E-state index in [4.69, 9.17) is 9.47 Å². The summed E-state index contributed by atoms with van der Waals surface area (Å²) < 4.78 is 11.6. The number of carbonyl (C=O) groups excluding carboxylic acids is 2. The molecule has 3 aromatic carbocycles. The molecule has 0 spiro atoms. The summed E-state index contributed by atoms with van der Waals surface area (Å²) in [6, 6.07) is 20.1. The zero-order valence-electron chi connectivity index (χ0n) is 20.6. The van der Waals surface area contributed by atoms with Crippen LogP contribution in [0.25, 0.3) is 5.76 Å². The summed E-state index contributed by atoms with van der Waals surface area (Å²) in [7, 11) is 0. The number of hydrogen-bond acceptors (Lipinski definition) is 6. The van der Waals surface area contributed by atoms with Gasteiger partial charge in [-0.1, -0.05) is 12.1 Å². The first-order chi connectivity index (χ1) is 17.9. The Labute approximate surface area is 215 Å². The number of hydrogen-bond donors (Lipinski definition) is 1. The molecule has 0 aromatic heterocycles. The molecule has 186 valence electrons. The highest BCUT2D eigenvalue weighted by atomic mass is 16.5. The van der Waals surface area contributed by atoms with E-state index in [1.807, 2.05) is 19.9 Å². The van der Waals surface area contributed by atoms with Gasteiger partial charge in [-0.25, -0.2) is 0 Å². The molecule has 1 fully saturated rings. The lowest BCUT2D eigenvalue weighted by atomic mass is 9.93. The fourth-order valence-corrected chi connectivity index (χ4v) is 4.80. The van der Waals surface area contributed by atoms with Crippen LogP contribution < -0.4 is 14.4 Å². The number of nitriles is 1. The van der Waals surface area contributed by atoms with Gasteiger partial charge in [-0.05, 0) is 92.4 Å². The van der Waals surface area contributed by atoms with Crippen molar-refractivity contribution in [2.24, 2.45) is 0 Å². The van der Waals surface area contributed by atoms with Crippen LogP contribution in [-0.2, 0) is 16.0 Å². The van der Waals surface area contributed by atoms with E-state index in [0.29, 0.717) is 34.7 Å². The molecule has 3 aromatic rings. The molecule has 7 nitrogen and oxygen atoms in total. The number of Topliss-reactive ketones (excluding diaryl/α,β-unsaturated/α-hetero) is 1. The van der Waals surface area contributed by atoms with Crippen LogP contribution in [0.15, 0.2) is 72.3 Å². The predicted octanol–water partition coefficient (Wildman–Crippen LogP) is 5.30. The Kier molecular flexibility index (Phi) is 6.41. The second-order valence-electron chi connectivity index (χ2n) is 9.34. The Morgan fingerprint density at radius 1 is 1.11 bits per heavy atom. The fraction of sp³-hybridized carbons (Fsp3) is 0.233. The molecule has 1 amide bonds. The first-order valence-corrected chi connectivity index (χ1v) is 12.2. The third-order valence-electron chi connectivity index (χ3n) is 6.45. The Bertz CT molecular complexity index is 1450. The largest absolute Gasteiger partial charge is 0.507 e. The maximum atomic E-state index is 13.4. The van der Waals surface area contributed by atoms with Gasteiger partial charge in [0.05, 0.1) is 36.0 Å². The molecule has 1 unspecified atom stereocenters. The van der Waals surface area contributed by atoms with E-state index < -0.39 is 17.7 Å². The molecule has 1 N–H and O–H groups in total. The first-order valence-electron chi connectivity index (χ1n) is 12.2. The molecule has 2 heterocycles. The molecule has 7 heteroatoms. The van der Waals surface area contributed by atoms with Gasteiger partial charge < -0.3 is 14.6 Å². The highest BCUT2D eigenvalue weighted by molar-refractivity contribution is 6.51. The lowest BCUT2D eigenvalue weighted by Crippen LogP contribution is -2.29. The average molecular weight is 495 g/mol. The summed E-state index contributed by atoms with van der Waals surface area (Å²) >= 11 is 0. The predicted molar refractivity (Wildman–Crippen MR) is 138 cm³/mol. The van der Waals surface area contributed by atoms with Crippen LogP contribution in [0.1, 0.15) is 48.6 Å². The highest BCUT2D eigenvalue weighted by Crippen LogP contribution is 2.43. The normalized spacial score (nSPS) is 18.3. The quantitative estimate of drug-likeness (QED) is 0.294. The number of ether oxygens (including phenoxy) is 2. The Morgan fingerprint density at radius 3 is 2.62 bits per heavy atom. The van der Waals surface area contributed by atoms with Gasteiger partial charge in [0.25, 0.3) is 11.7 Å². The molecule has 37 heavy (non-hydrogen) atoms. The Balaban J connectivity index is 1.68. The molecule has 1 saturated heterocycles. The van der Waals surface area contributed by atoms with Gasteiger partial charge in [0.2, 0.25) is 0 Å². The Hall–Kier alpha value is -4.57. The number of aliphatic hydroxyl groups is 1. The highest BCUT2D eigenvalue weighted by Gasteiger charge is 2.47. The summed E-state index contributed by atoms with van der Waals surface area (Å²) in [5.74, 6) is -0.438. The van der Waals surface area contributed by atoms with E-state index in [0.717, 1.165) is 24.2 Å². The van der Waals surface area contributed by atoms with Crippen LogP contribution in [0.5, 0.6) is 11.5 Å². The fourth-order valence-electron chi connectivity index (χ4n) is 4.80. The number of aryl methyl sites for hydroxylation is 1.